The second-order valence-corrected chi connectivity index (χ2v) is 3.76. The van der Waals surface area contributed by atoms with Crippen LogP contribution in [0.1, 0.15) is 27.7 Å². The van der Waals surface area contributed by atoms with Crippen molar-refractivity contribution in [3.05, 3.63) is 11.6 Å². The molecule has 0 saturated carbocycles. The van der Waals surface area contributed by atoms with Crippen molar-refractivity contribution >= 4 is 5.91 Å². The lowest BCUT2D eigenvalue weighted by Crippen LogP contribution is -2.40. The highest BCUT2D eigenvalue weighted by molar-refractivity contribution is 5.88. The molecule has 0 aromatic heterocycles. The Bertz CT molecular complexity index is 193. The molecule has 13 heavy (non-hydrogen) atoms. The quantitative estimate of drug-likeness (QED) is 0.644. The first-order valence-corrected chi connectivity index (χ1v) is 4.53. The number of amides is 1. The molecule has 0 aromatic rings. The maximum absolute atomic E-state index is 11.2. The van der Waals surface area contributed by atoms with Crippen LogP contribution in [0.25, 0.3) is 0 Å². The first-order valence-electron chi connectivity index (χ1n) is 4.53. The van der Waals surface area contributed by atoms with Gasteiger partial charge in [0.15, 0.2) is 0 Å². The van der Waals surface area contributed by atoms with Crippen molar-refractivity contribution in [1.29, 1.82) is 0 Å². The molecule has 76 valence electrons. The Kier molecular flexibility index (Phi) is 5.39. The van der Waals surface area contributed by atoms with Crippen molar-refractivity contribution in [3.8, 4) is 0 Å². The fraction of sp³-hybridized carbons (Fsp3) is 0.700. The third kappa shape index (κ3) is 5.42. The summed E-state index contributed by atoms with van der Waals surface area (Å²) in [6, 6.07) is -0.150. The van der Waals surface area contributed by atoms with Gasteiger partial charge in [-0.15, -0.1) is 0 Å². The summed E-state index contributed by atoms with van der Waals surface area (Å²) in [4.78, 5) is 11.2. The van der Waals surface area contributed by atoms with E-state index >= 15 is 0 Å². The van der Waals surface area contributed by atoms with Crippen LogP contribution in [0, 0.1) is 5.92 Å². The van der Waals surface area contributed by atoms with E-state index in [1.165, 1.54) is 6.08 Å². The minimum Gasteiger partial charge on any atom is -0.394 e. The van der Waals surface area contributed by atoms with Crippen molar-refractivity contribution in [3.63, 3.8) is 0 Å². The summed E-state index contributed by atoms with van der Waals surface area (Å²) < 4.78 is 0. The molecule has 0 bridgehead atoms. The van der Waals surface area contributed by atoms with E-state index in [9.17, 15) is 4.79 Å². The Morgan fingerprint density at radius 2 is 2.00 bits per heavy atom. The van der Waals surface area contributed by atoms with Gasteiger partial charge in [0.2, 0.25) is 5.91 Å². The maximum atomic E-state index is 11.2. The number of carbonyl (C=O) groups is 1. The Hall–Kier alpha value is -0.830. The van der Waals surface area contributed by atoms with Crippen molar-refractivity contribution < 1.29 is 9.90 Å². The van der Waals surface area contributed by atoms with Crippen molar-refractivity contribution in [2.75, 3.05) is 6.61 Å². The van der Waals surface area contributed by atoms with Gasteiger partial charge in [-0.25, -0.2) is 0 Å². The second kappa shape index (κ2) is 5.75. The van der Waals surface area contributed by atoms with E-state index in [1.54, 1.807) is 0 Å². The average Bonchev–Trinajstić information content (AvgIpc) is 1.98. The number of aliphatic hydroxyl groups is 1. The molecule has 3 nitrogen and oxygen atoms in total. The highest BCUT2D eigenvalue weighted by atomic mass is 16.3. The molecule has 0 heterocycles. The van der Waals surface area contributed by atoms with Crippen LogP contribution in [0.15, 0.2) is 11.6 Å². The zero-order valence-corrected chi connectivity index (χ0v) is 8.79. The molecule has 0 fully saturated rings. The number of carbonyl (C=O) groups excluding carboxylic acids is 1. The van der Waals surface area contributed by atoms with Gasteiger partial charge in [-0.05, 0) is 19.8 Å². The van der Waals surface area contributed by atoms with E-state index in [0.717, 1.165) is 5.57 Å². The van der Waals surface area contributed by atoms with Crippen LogP contribution < -0.4 is 5.32 Å². The van der Waals surface area contributed by atoms with Gasteiger partial charge >= 0.3 is 0 Å². The van der Waals surface area contributed by atoms with Crippen LogP contribution in [0.5, 0.6) is 0 Å². The number of allylic oxidation sites excluding steroid dienone is 1. The fourth-order valence-corrected chi connectivity index (χ4v) is 0.910. The van der Waals surface area contributed by atoms with E-state index in [2.05, 4.69) is 5.32 Å². The van der Waals surface area contributed by atoms with Crippen LogP contribution in [-0.2, 0) is 4.79 Å². The third-order valence-corrected chi connectivity index (χ3v) is 1.75. The van der Waals surface area contributed by atoms with Crippen molar-refractivity contribution in [2.45, 2.75) is 33.7 Å². The van der Waals surface area contributed by atoms with Crippen LogP contribution in [-0.4, -0.2) is 23.7 Å². The van der Waals surface area contributed by atoms with Crippen molar-refractivity contribution in [2.24, 2.45) is 5.92 Å². The van der Waals surface area contributed by atoms with E-state index in [4.69, 9.17) is 5.11 Å². The first-order chi connectivity index (χ1) is 5.97. The molecular weight excluding hydrogens is 166 g/mol. The Morgan fingerprint density at radius 1 is 1.46 bits per heavy atom. The topological polar surface area (TPSA) is 49.3 Å². The Morgan fingerprint density at radius 3 is 2.31 bits per heavy atom. The zero-order chi connectivity index (χ0) is 10.4. The van der Waals surface area contributed by atoms with E-state index in [-0.39, 0.29) is 24.5 Å². The summed E-state index contributed by atoms with van der Waals surface area (Å²) in [6.45, 7) is 7.64. The lowest BCUT2D eigenvalue weighted by Gasteiger charge is -2.18. The van der Waals surface area contributed by atoms with Gasteiger partial charge in [0.1, 0.15) is 0 Å². The van der Waals surface area contributed by atoms with Gasteiger partial charge in [0.05, 0.1) is 12.6 Å². The lowest BCUT2D eigenvalue weighted by molar-refractivity contribution is -0.117. The minimum absolute atomic E-state index is 0.0139. The van der Waals surface area contributed by atoms with Gasteiger partial charge in [0, 0.05) is 6.08 Å². The molecule has 0 rings (SSSR count). The molecule has 0 radical (unpaired) electrons. The van der Waals surface area contributed by atoms with E-state index in [1.807, 2.05) is 27.7 Å². The normalized spacial score (nSPS) is 12.5. The van der Waals surface area contributed by atoms with Crippen molar-refractivity contribution in [1.82, 2.24) is 5.32 Å². The molecular formula is C10H19NO2. The summed E-state index contributed by atoms with van der Waals surface area (Å²) in [7, 11) is 0. The lowest BCUT2D eigenvalue weighted by atomic mass is 10.1. The predicted octanol–water partition coefficient (Wildman–Crippen LogP) is 1.09. The number of rotatable bonds is 4. The highest BCUT2D eigenvalue weighted by Crippen LogP contribution is 2.00. The molecule has 0 saturated heterocycles. The molecule has 0 aliphatic rings. The number of aliphatic hydroxyl groups excluding tert-OH is 1. The smallest absolute Gasteiger partial charge is 0.244 e. The molecule has 2 N–H and O–H groups in total. The summed E-state index contributed by atoms with van der Waals surface area (Å²) in [5, 5.41) is 11.7. The number of nitrogens with one attached hydrogen (secondary N) is 1. The molecule has 1 amide bonds. The fourth-order valence-electron chi connectivity index (χ4n) is 0.910. The molecule has 0 aliphatic heterocycles. The Labute approximate surface area is 79.8 Å². The average molecular weight is 185 g/mol. The molecule has 0 spiro atoms. The van der Waals surface area contributed by atoms with Crippen LogP contribution >= 0.6 is 0 Å². The standard InChI is InChI=1S/C10H19NO2/c1-7(2)5-10(13)11-9(6-12)8(3)4/h5,8-9,12H,6H2,1-4H3,(H,11,13)/t9-/m1/s1. The third-order valence-electron chi connectivity index (χ3n) is 1.75. The van der Waals surface area contributed by atoms with Crippen LogP contribution in [0.3, 0.4) is 0 Å². The zero-order valence-electron chi connectivity index (χ0n) is 8.79. The van der Waals surface area contributed by atoms with Crippen LogP contribution in [0.4, 0.5) is 0 Å². The van der Waals surface area contributed by atoms with Gasteiger partial charge in [-0.3, -0.25) is 4.79 Å². The van der Waals surface area contributed by atoms with Crippen LogP contribution in [0.2, 0.25) is 0 Å². The monoisotopic (exact) mass is 185 g/mol. The molecule has 1 atom stereocenters. The maximum Gasteiger partial charge on any atom is 0.244 e. The summed E-state index contributed by atoms with van der Waals surface area (Å²) in [5.41, 5.74) is 0.956. The Balaban J connectivity index is 4.10. The molecule has 0 unspecified atom stereocenters. The second-order valence-electron chi connectivity index (χ2n) is 3.76. The number of hydrogen-bond donors (Lipinski definition) is 2. The van der Waals surface area contributed by atoms with Gasteiger partial charge in [-0.1, -0.05) is 19.4 Å². The highest BCUT2D eigenvalue weighted by Gasteiger charge is 2.13. The summed E-state index contributed by atoms with van der Waals surface area (Å²) in [5.74, 6) is 0.118. The molecule has 0 aliphatic carbocycles. The SMILES string of the molecule is CC(C)=CC(=O)N[C@H](CO)C(C)C. The molecule has 0 aromatic carbocycles. The largest absolute Gasteiger partial charge is 0.394 e. The summed E-state index contributed by atoms with van der Waals surface area (Å²) in [6.07, 6.45) is 1.53. The van der Waals surface area contributed by atoms with E-state index < -0.39 is 0 Å². The summed E-state index contributed by atoms with van der Waals surface area (Å²) >= 11 is 0. The van der Waals surface area contributed by atoms with E-state index in [0.29, 0.717) is 0 Å². The van der Waals surface area contributed by atoms with Gasteiger partial charge in [-0.2, -0.15) is 0 Å². The predicted molar refractivity (Wildman–Crippen MR) is 53.3 cm³/mol. The minimum atomic E-state index is -0.150. The first kappa shape index (κ1) is 12.2. The molecule has 3 heteroatoms. The van der Waals surface area contributed by atoms with Gasteiger partial charge in [0.25, 0.3) is 0 Å². The van der Waals surface area contributed by atoms with Gasteiger partial charge < -0.3 is 10.4 Å². The number of hydrogen-bond acceptors (Lipinski definition) is 2.